The average molecular weight is 508 g/mol. The molecule has 0 bridgehead atoms. The number of nitrogen functional groups attached to an aromatic ring is 1. The van der Waals surface area contributed by atoms with Gasteiger partial charge in [-0.05, 0) is 87.3 Å². The van der Waals surface area contributed by atoms with Gasteiger partial charge >= 0.3 is 5.97 Å². The van der Waals surface area contributed by atoms with Crippen molar-refractivity contribution in [3.8, 4) is 0 Å². The zero-order valence-electron chi connectivity index (χ0n) is 21.4. The molecule has 2 aliphatic carbocycles. The van der Waals surface area contributed by atoms with Crippen LogP contribution >= 0.6 is 0 Å². The van der Waals surface area contributed by atoms with Crippen LogP contribution < -0.4 is 22.5 Å². The maximum absolute atomic E-state index is 12.2. The van der Waals surface area contributed by atoms with Gasteiger partial charge in [0.2, 0.25) is 0 Å². The minimum atomic E-state index is -1.15. The van der Waals surface area contributed by atoms with Crippen LogP contribution in [0.1, 0.15) is 85.3 Å². The second-order valence-electron chi connectivity index (χ2n) is 10.4. The maximum atomic E-state index is 12.2. The molecule has 0 saturated heterocycles. The van der Waals surface area contributed by atoms with Crippen molar-refractivity contribution in [3.63, 3.8) is 0 Å². The molecule has 0 aromatic heterocycles. The highest BCUT2D eigenvalue weighted by atomic mass is 16.4. The van der Waals surface area contributed by atoms with Crippen LogP contribution in [-0.4, -0.2) is 34.9 Å². The standard InChI is InChI=1S/C16H15N3O3.C13H26N2/c17-14(18)11-7-4-8-12(9-11)15(20)19-13(16(21)22)10-5-2-1-3-6-10;14-12-5-1-10(2-6-12)9-11-3-7-13(15)8-4-11/h1-9,13H,(H3,17,18)(H,19,20)(H,21,22);10-13H,1-9,14-15H2/t13-;/m1./s1. The molecule has 9 N–H and O–H groups in total. The molecular formula is C29H41N5O3. The fourth-order valence-electron chi connectivity index (χ4n) is 5.29. The highest BCUT2D eigenvalue weighted by molar-refractivity contribution is 6.01. The van der Waals surface area contributed by atoms with E-state index in [1.807, 2.05) is 0 Å². The lowest BCUT2D eigenvalue weighted by Crippen LogP contribution is -2.33. The van der Waals surface area contributed by atoms with E-state index in [0.717, 1.165) is 11.8 Å². The number of hydrogen-bond donors (Lipinski definition) is 6. The van der Waals surface area contributed by atoms with E-state index in [1.165, 1.54) is 69.9 Å². The maximum Gasteiger partial charge on any atom is 0.330 e. The molecule has 200 valence electrons. The monoisotopic (exact) mass is 507 g/mol. The zero-order valence-corrected chi connectivity index (χ0v) is 21.4. The molecule has 1 atom stereocenters. The van der Waals surface area contributed by atoms with Crippen LogP contribution in [0.3, 0.4) is 0 Å². The first kappa shape index (κ1) is 28.3. The topological polar surface area (TPSA) is 168 Å². The number of nitrogens with one attached hydrogen (secondary N) is 2. The number of rotatable bonds is 7. The van der Waals surface area contributed by atoms with Gasteiger partial charge in [-0.25, -0.2) is 4.79 Å². The van der Waals surface area contributed by atoms with Crippen molar-refractivity contribution in [2.24, 2.45) is 29.0 Å². The molecule has 8 heteroatoms. The first-order valence-corrected chi connectivity index (χ1v) is 13.3. The van der Waals surface area contributed by atoms with Crippen molar-refractivity contribution < 1.29 is 14.7 Å². The molecule has 37 heavy (non-hydrogen) atoms. The minimum absolute atomic E-state index is 0.160. The predicted molar refractivity (Wildman–Crippen MR) is 146 cm³/mol. The number of carboxylic acid groups (broad SMARTS) is 1. The largest absolute Gasteiger partial charge is 0.479 e. The van der Waals surface area contributed by atoms with Gasteiger partial charge in [0.1, 0.15) is 5.84 Å². The van der Waals surface area contributed by atoms with Gasteiger partial charge < -0.3 is 27.6 Å². The van der Waals surface area contributed by atoms with Crippen LogP contribution in [-0.2, 0) is 4.79 Å². The molecule has 4 rings (SSSR count). The van der Waals surface area contributed by atoms with Gasteiger partial charge in [0, 0.05) is 23.2 Å². The minimum Gasteiger partial charge on any atom is -0.479 e. The molecule has 2 aromatic carbocycles. The van der Waals surface area contributed by atoms with Gasteiger partial charge in [0.25, 0.3) is 5.91 Å². The van der Waals surface area contributed by atoms with Crippen molar-refractivity contribution >= 4 is 17.7 Å². The number of hydrogen-bond acceptors (Lipinski definition) is 5. The summed E-state index contributed by atoms with van der Waals surface area (Å²) in [5, 5.41) is 19.1. The van der Waals surface area contributed by atoms with Crippen LogP contribution in [0.4, 0.5) is 0 Å². The second kappa shape index (κ2) is 13.9. The van der Waals surface area contributed by atoms with Crippen molar-refractivity contribution in [2.75, 3.05) is 0 Å². The van der Waals surface area contributed by atoms with Gasteiger partial charge in [0.05, 0.1) is 0 Å². The van der Waals surface area contributed by atoms with E-state index >= 15 is 0 Å². The fraction of sp³-hybridized carbons (Fsp3) is 0.483. The van der Waals surface area contributed by atoms with Crippen LogP contribution in [0, 0.1) is 17.2 Å². The summed E-state index contributed by atoms with van der Waals surface area (Å²) in [5.41, 5.74) is 18.4. The van der Waals surface area contributed by atoms with Gasteiger partial charge in [0.15, 0.2) is 6.04 Å². The lowest BCUT2D eigenvalue weighted by atomic mass is 9.76. The number of aliphatic carboxylic acids is 1. The van der Waals surface area contributed by atoms with Gasteiger partial charge in [-0.15, -0.1) is 0 Å². The zero-order chi connectivity index (χ0) is 26.8. The van der Waals surface area contributed by atoms with Crippen molar-refractivity contribution in [3.05, 3.63) is 71.3 Å². The van der Waals surface area contributed by atoms with Crippen LogP contribution in [0.25, 0.3) is 0 Å². The number of carbonyl (C=O) groups excluding carboxylic acids is 1. The number of amidine groups is 1. The first-order chi connectivity index (χ1) is 17.7. The first-order valence-electron chi connectivity index (χ1n) is 13.3. The van der Waals surface area contributed by atoms with Crippen molar-refractivity contribution in [1.82, 2.24) is 5.32 Å². The smallest absolute Gasteiger partial charge is 0.330 e. The summed E-state index contributed by atoms with van der Waals surface area (Å²) in [5.74, 6) is 0.0994. The fourth-order valence-corrected chi connectivity index (χ4v) is 5.29. The Morgan fingerprint density at radius 2 is 1.35 bits per heavy atom. The third-order valence-corrected chi connectivity index (χ3v) is 7.54. The number of benzene rings is 2. The normalized spacial score (nSPS) is 24.2. The Morgan fingerprint density at radius 3 is 1.84 bits per heavy atom. The van der Waals surface area contributed by atoms with E-state index in [2.05, 4.69) is 5.32 Å². The molecule has 2 fully saturated rings. The van der Waals surface area contributed by atoms with Gasteiger partial charge in [-0.2, -0.15) is 0 Å². The summed E-state index contributed by atoms with van der Waals surface area (Å²) in [7, 11) is 0. The van der Waals surface area contributed by atoms with E-state index in [-0.39, 0.29) is 11.4 Å². The Labute approximate surface area is 219 Å². The molecule has 2 saturated carbocycles. The highest BCUT2D eigenvalue weighted by Crippen LogP contribution is 2.34. The van der Waals surface area contributed by atoms with E-state index in [4.69, 9.17) is 22.6 Å². The summed E-state index contributed by atoms with van der Waals surface area (Å²) in [6, 6.07) is 14.5. The van der Waals surface area contributed by atoms with E-state index in [1.54, 1.807) is 42.5 Å². The SMILES string of the molecule is N=C(N)c1cccc(C(=O)N[C@@H](C(=O)O)c2ccccc2)c1.NC1CCC(CC2CCC(N)CC2)CC1. The predicted octanol–water partition coefficient (Wildman–Crippen LogP) is 3.94. The van der Waals surface area contributed by atoms with E-state index in [9.17, 15) is 14.7 Å². The molecule has 0 spiro atoms. The Balaban J connectivity index is 0.000000220. The molecular weight excluding hydrogens is 466 g/mol. The molecule has 0 heterocycles. The van der Waals surface area contributed by atoms with E-state index < -0.39 is 17.9 Å². The van der Waals surface area contributed by atoms with E-state index in [0.29, 0.717) is 23.2 Å². The Bertz CT molecular complexity index is 1010. The second-order valence-corrected chi connectivity index (χ2v) is 10.4. The number of carboxylic acids is 1. The average Bonchev–Trinajstić information content (AvgIpc) is 2.90. The molecule has 0 radical (unpaired) electrons. The summed E-state index contributed by atoms with van der Waals surface area (Å²) in [6.45, 7) is 0. The van der Waals surface area contributed by atoms with Crippen LogP contribution in [0.5, 0.6) is 0 Å². The van der Waals surface area contributed by atoms with Crippen LogP contribution in [0.15, 0.2) is 54.6 Å². The lowest BCUT2D eigenvalue weighted by Gasteiger charge is -2.32. The lowest BCUT2D eigenvalue weighted by molar-refractivity contribution is -0.139. The summed E-state index contributed by atoms with van der Waals surface area (Å²) < 4.78 is 0. The number of carbonyl (C=O) groups is 2. The highest BCUT2D eigenvalue weighted by Gasteiger charge is 2.25. The molecule has 2 aliphatic rings. The molecule has 8 nitrogen and oxygen atoms in total. The summed E-state index contributed by atoms with van der Waals surface area (Å²) in [6.07, 6.45) is 12.0. The van der Waals surface area contributed by atoms with Gasteiger partial charge in [-0.1, -0.05) is 42.5 Å². The van der Waals surface area contributed by atoms with Crippen LogP contribution in [0.2, 0.25) is 0 Å². The van der Waals surface area contributed by atoms with Crippen molar-refractivity contribution in [1.29, 1.82) is 5.41 Å². The third kappa shape index (κ3) is 8.98. The quantitative estimate of drug-likeness (QED) is 0.245. The summed E-state index contributed by atoms with van der Waals surface area (Å²) in [4.78, 5) is 23.6. The molecule has 0 unspecified atom stereocenters. The molecule has 2 aromatic rings. The molecule has 1 amide bonds. The summed E-state index contributed by atoms with van der Waals surface area (Å²) >= 11 is 0. The number of nitrogens with two attached hydrogens (primary N) is 3. The Hall–Kier alpha value is -3.23. The Morgan fingerprint density at radius 1 is 0.838 bits per heavy atom. The Kier molecular flexibility index (Phi) is 10.7. The molecule has 0 aliphatic heterocycles. The number of amides is 1. The van der Waals surface area contributed by atoms with Gasteiger partial charge in [-0.3, -0.25) is 10.2 Å². The van der Waals surface area contributed by atoms with Crippen molar-refractivity contribution in [2.45, 2.75) is 75.9 Å². The third-order valence-electron chi connectivity index (χ3n) is 7.54.